The van der Waals surface area contributed by atoms with Crippen molar-refractivity contribution < 1.29 is 4.79 Å². The monoisotopic (exact) mass is 311 g/mol. The van der Waals surface area contributed by atoms with E-state index in [4.69, 9.17) is 5.84 Å². The zero-order valence-corrected chi connectivity index (χ0v) is 11.8. The number of piperidine rings is 1. The lowest BCUT2D eigenvalue weighted by Gasteiger charge is -2.31. The van der Waals surface area contributed by atoms with Gasteiger partial charge < -0.3 is 0 Å². The van der Waals surface area contributed by atoms with Crippen LogP contribution in [0.25, 0.3) is 0 Å². The molecule has 0 spiro atoms. The molecule has 1 amide bonds. The molecule has 1 aliphatic heterocycles. The Bertz CT molecular complexity index is 424. The molecule has 3 N–H and O–H groups in total. The summed E-state index contributed by atoms with van der Waals surface area (Å²) in [7, 11) is 0. The number of nitrogens with two attached hydrogens (primary N) is 1. The summed E-state index contributed by atoms with van der Waals surface area (Å²) in [6.45, 7) is 2.69. The number of nitrogens with one attached hydrogen (secondary N) is 1. The summed E-state index contributed by atoms with van der Waals surface area (Å²) in [6, 6.07) is 8.20. The van der Waals surface area contributed by atoms with Gasteiger partial charge >= 0.3 is 0 Å². The highest BCUT2D eigenvalue weighted by Gasteiger charge is 2.25. The number of likely N-dealkylation sites (tertiary alicyclic amines) is 1. The fourth-order valence-electron chi connectivity index (χ4n) is 2.40. The van der Waals surface area contributed by atoms with Gasteiger partial charge in [0, 0.05) is 17.6 Å². The minimum Gasteiger partial charge on any atom is -0.298 e. The zero-order chi connectivity index (χ0) is 13.0. The van der Waals surface area contributed by atoms with E-state index in [9.17, 15) is 4.79 Å². The highest BCUT2D eigenvalue weighted by Crippen LogP contribution is 2.22. The minimum absolute atomic E-state index is 0.0197. The Balaban J connectivity index is 1.98. The predicted octanol–water partition coefficient (Wildman–Crippen LogP) is 1.65. The number of carbonyl (C=O) groups excluding carboxylic acids is 1. The molecule has 1 atom stereocenters. The van der Waals surface area contributed by atoms with Crippen LogP contribution >= 0.6 is 15.9 Å². The van der Waals surface area contributed by atoms with Gasteiger partial charge in [-0.05, 0) is 31.0 Å². The Hall–Kier alpha value is -0.910. The van der Waals surface area contributed by atoms with Gasteiger partial charge in [-0.3, -0.25) is 15.1 Å². The van der Waals surface area contributed by atoms with Crippen LogP contribution in [-0.4, -0.2) is 23.9 Å². The van der Waals surface area contributed by atoms with E-state index in [1.807, 2.05) is 18.2 Å². The topological polar surface area (TPSA) is 58.4 Å². The number of benzene rings is 1. The van der Waals surface area contributed by atoms with E-state index < -0.39 is 0 Å². The van der Waals surface area contributed by atoms with Crippen molar-refractivity contribution in [2.75, 3.05) is 13.1 Å². The summed E-state index contributed by atoms with van der Waals surface area (Å²) >= 11 is 3.55. The van der Waals surface area contributed by atoms with Crippen molar-refractivity contribution in [3.63, 3.8) is 0 Å². The molecule has 5 heteroatoms. The molecule has 1 fully saturated rings. The van der Waals surface area contributed by atoms with Gasteiger partial charge in [-0.25, -0.2) is 5.84 Å². The van der Waals surface area contributed by atoms with Crippen LogP contribution in [0.3, 0.4) is 0 Å². The zero-order valence-electron chi connectivity index (χ0n) is 10.2. The Morgan fingerprint density at radius 1 is 1.50 bits per heavy atom. The van der Waals surface area contributed by atoms with Gasteiger partial charge in [0.05, 0.1) is 5.92 Å². The third-order valence-corrected chi connectivity index (χ3v) is 4.14. The average molecular weight is 312 g/mol. The molecule has 1 unspecified atom stereocenters. The van der Waals surface area contributed by atoms with Gasteiger partial charge in [0.25, 0.3) is 0 Å². The predicted molar refractivity (Wildman–Crippen MR) is 74.5 cm³/mol. The molecule has 1 saturated heterocycles. The molecule has 4 nitrogen and oxygen atoms in total. The summed E-state index contributed by atoms with van der Waals surface area (Å²) in [4.78, 5) is 13.9. The Morgan fingerprint density at radius 2 is 2.28 bits per heavy atom. The summed E-state index contributed by atoms with van der Waals surface area (Å²) in [5.41, 5.74) is 3.51. The largest absolute Gasteiger partial charge is 0.298 e. The molecule has 1 aromatic carbocycles. The molecule has 1 aliphatic rings. The van der Waals surface area contributed by atoms with Crippen LogP contribution in [0, 0.1) is 5.92 Å². The highest BCUT2D eigenvalue weighted by atomic mass is 79.9. The molecule has 18 heavy (non-hydrogen) atoms. The maximum atomic E-state index is 11.6. The smallest absolute Gasteiger partial charge is 0.238 e. The first kappa shape index (κ1) is 13.5. The van der Waals surface area contributed by atoms with Gasteiger partial charge in [-0.1, -0.05) is 34.1 Å². The lowest BCUT2D eigenvalue weighted by molar-refractivity contribution is -0.126. The van der Waals surface area contributed by atoms with Gasteiger partial charge in [-0.15, -0.1) is 0 Å². The van der Waals surface area contributed by atoms with Gasteiger partial charge in [0.15, 0.2) is 0 Å². The summed E-state index contributed by atoms with van der Waals surface area (Å²) in [5.74, 6) is 5.17. The van der Waals surface area contributed by atoms with Crippen molar-refractivity contribution in [2.45, 2.75) is 19.4 Å². The molecule has 1 heterocycles. The lowest BCUT2D eigenvalue weighted by atomic mass is 9.97. The van der Waals surface area contributed by atoms with Crippen molar-refractivity contribution in [3.05, 3.63) is 34.3 Å². The van der Waals surface area contributed by atoms with E-state index in [2.05, 4.69) is 32.3 Å². The second kappa shape index (κ2) is 6.31. The number of halogens is 1. The van der Waals surface area contributed by atoms with Crippen molar-refractivity contribution in [3.8, 4) is 0 Å². The van der Waals surface area contributed by atoms with Crippen LogP contribution in [0.5, 0.6) is 0 Å². The van der Waals surface area contributed by atoms with Crippen LogP contribution in [0.1, 0.15) is 18.4 Å². The Kier molecular flexibility index (Phi) is 4.74. The molecular formula is C13H18BrN3O. The minimum atomic E-state index is -0.0492. The number of carbonyl (C=O) groups is 1. The van der Waals surface area contributed by atoms with Crippen molar-refractivity contribution in [1.29, 1.82) is 0 Å². The number of hydrogen-bond donors (Lipinski definition) is 2. The SMILES string of the molecule is NNC(=O)C1CCCN(Cc2ccccc2Br)C1. The molecular weight excluding hydrogens is 294 g/mol. The molecule has 2 rings (SSSR count). The standard InChI is InChI=1S/C13H18BrN3O/c14-12-6-2-1-4-10(12)8-17-7-3-5-11(9-17)13(18)16-15/h1-2,4,6,11H,3,5,7-9,15H2,(H,16,18). The Labute approximate surface area is 116 Å². The van der Waals surface area contributed by atoms with E-state index in [1.165, 1.54) is 5.56 Å². The molecule has 0 aromatic heterocycles. The van der Waals surface area contributed by atoms with Crippen LogP contribution in [0.4, 0.5) is 0 Å². The van der Waals surface area contributed by atoms with E-state index in [0.29, 0.717) is 0 Å². The Morgan fingerprint density at radius 3 is 3.00 bits per heavy atom. The molecule has 98 valence electrons. The number of rotatable bonds is 3. The molecule has 0 radical (unpaired) electrons. The summed E-state index contributed by atoms with van der Waals surface area (Å²) in [6.07, 6.45) is 1.97. The maximum Gasteiger partial charge on any atom is 0.238 e. The van der Waals surface area contributed by atoms with Crippen LogP contribution < -0.4 is 11.3 Å². The molecule has 0 saturated carbocycles. The van der Waals surface area contributed by atoms with E-state index in [0.717, 1.165) is 36.9 Å². The van der Waals surface area contributed by atoms with Crippen molar-refractivity contribution in [2.24, 2.45) is 11.8 Å². The summed E-state index contributed by atoms with van der Waals surface area (Å²) < 4.78 is 1.12. The molecule has 0 bridgehead atoms. The lowest BCUT2D eigenvalue weighted by Crippen LogP contribution is -2.44. The number of amides is 1. The van der Waals surface area contributed by atoms with Gasteiger partial charge in [0.2, 0.25) is 5.91 Å². The second-order valence-corrected chi connectivity index (χ2v) is 5.53. The second-order valence-electron chi connectivity index (χ2n) is 4.67. The van der Waals surface area contributed by atoms with Crippen molar-refractivity contribution >= 4 is 21.8 Å². The van der Waals surface area contributed by atoms with E-state index in [1.54, 1.807) is 0 Å². The fraction of sp³-hybridized carbons (Fsp3) is 0.462. The van der Waals surface area contributed by atoms with E-state index >= 15 is 0 Å². The summed E-state index contributed by atoms with van der Waals surface area (Å²) in [5, 5.41) is 0. The number of hydrazine groups is 1. The third-order valence-electron chi connectivity index (χ3n) is 3.37. The highest BCUT2D eigenvalue weighted by molar-refractivity contribution is 9.10. The van der Waals surface area contributed by atoms with Crippen LogP contribution in [0.2, 0.25) is 0 Å². The normalized spacial score (nSPS) is 20.7. The van der Waals surface area contributed by atoms with Crippen molar-refractivity contribution in [1.82, 2.24) is 10.3 Å². The quantitative estimate of drug-likeness (QED) is 0.507. The average Bonchev–Trinajstić information content (AvgIpc) is 2.41. The number of nitrogens with zero attached hydrogens (tertiary/aromatic N) is 1. The van der Waals surface area contributed by atoms with Gasteiger partial charge in [-0.2, -0.15) is 0 Å². The fourth-order valence-corrected chi connectivity index (χ4v) is 2.81. The third kappa shape index (κ3) is 3.31. The molecule has 0 aliphatic carbocycles. The van der Waals surface area contributed by atoms with Gasteiger partial charge in [0.1, 0.15) is 0 Å². The number of hydrogen-bond acceptors (Lipinski definition) is 3. The maximum absolute atomic E-state index is 11.6. The molecule has 1 aromatic rings. The first-order chi connectivity index (χ1) is 8.70. The van der Waals surface area contributed by atoms with Crippen LogP contribution in [-0.2, 0) is 11.3 Å². The first-order valence-electron chi connectivity index (χ1n) is 6.17. The van der Waals surface area contributed by atoms with E-state index in [-0.39, 0.29) is 11.8 Å². The van der Waals surface area contributed by atoms with Crippen LogP contribution in [0.15, 0.2) is 28.7 Å². The first-order valence-corrected chi connectivity index (χ1v) is 6.96.